The monoisotopic (exact) mass is 231 g/mol. The van der Waals surface area contributed by atoms with E-state index in [1.165, 1.54) is 16.3 Å². The van der Waals surface area contributed by atoms with Crippen LogP contribution in [0.3, 0.4) is 0 Å². The highest BCUT2D eigenvalue weighted by Crippen LogP contribution is 2.15. The van der Waals surface area contributed by atoms with Crippen LogP contribution in [0.4, 0.5) is 0 Å². The van der Waals surface area contributed by atoms with Gasteiger partial charge in [-0.25, -0.2) is 0 Å². The molecule has 2 aromatic rings. The van der Waals surface area contributed by atoms with Crippen molar-refractivity contribution < 1.29 is 0 Å². The van der Waals surface area contributed by atoms with Crippen LogP contribution in [-0.4, -0.2) is 18.8 Å². The quantitative estimate of drug-likeness (QED) is 0.595. The molecule has 1 N–H and O–H groups in total. The summed E-state index contributed by atoms with van der Waals surface area (Å²) < 4.78 is 0. The third kappa shape index (κ3) is 3.00. The van der Waals surface area contributed by atoms with Crippen LogP contribution >= 0.6 is 12.6 Å². The minimum atomic E-state index is 0.901. The Morgan fingerprint density at radius 2 is 1.75 bits per heavy atom. The summed E-state index contributed by atoms with van der Waals surface area (Å²) in [5, 5.41) is 6.00. The average Bonchev–Trinajstić information content (AvgIpc) is 2.34. The fourth-order valence-corrected chi connectivity index (χ4v) is 1.99. The van der Waals surface area contributed by atoms with Gasteiger partial charge >= 0.3 is 0 Å². The standard InChI is InChI=1S/C14H17NS/c16-10-9-15-8-7-12-5-6-13-3-1-2-4-14(13)11-12/h1-6,11,15-16H,7-10H2. The first-order chi connectivity index (χ1) is 7.90. The highest BCUT2D eigenvalue weighted by molar-refractivity contribution is 7.80. The maximum atomic E-state index is 4.17. The number of benzene rings is 2. The van der Waals surface area contributed by atoms with Gasteiger partial charge in [-0.1, -0.05) is 42.5 Å². The van der Waals surface area contributed by atoms with E-state index in [9.17, 15) is 0 Å². The summed E-state index contributed by atoms with van der Waals surface area (Å²) in [5.74, 6) is 0.901. The zero-order chi connectivity index (χ0) is 11.2. The molecule has 0 bridgehead atoms. The van der Waals surface area contributed by atoms with E-state index in [0.29, 0.717) is 0 Å². The van der Waals surface area contributed by atoms with Crippen molar-refractivity contribution in [3.63, 3.8) is 0 Å². The molecule has 0 aliphatic rings. The van der Waals surface area contributed by atoms with Crippen LogP contribution in [0, 0.1) is 0 Å². The number of hydrogen-bond donors (Lipinski definition) is 2. The topological polar surface area (TPSA) is 12.0 Å². The fraction of sp³-hybridized carbons (Fsp3) is 0.286. The SMILES string of the molecule is SCCNCCc1ccc2ccccc2c1. The number of thiol groups is 1. The van der Waals surface area contributed by atoms with Crippen molar-refractivity contribution in [2.45, 2.75) is 6.42 Å². The molecule has 0 heterocycles. The second kappa shape index (κ2) is 5.92. The molecule has 0 radical (unpaired) electrons. The normalized spacial score (nSPS) is 10.8. The number of rotatable bonds is 5. The lowest BCUT2D eigenvalue weighted by atomic mass is 10.1. The van der Waals surface area contributed by atoms with Gasteiger partial charge in [-0.2, -0.15) is 12.6 Å². The summed E-state index contributed by atoms with van der Waals surface area (Å²) >= 11 is 4.17. The van der Waals surface area contributed by atoms with Crippen molar-refractivity contribution in [1.29, 1.82) is 0 Å². The molecule has 0 spiro atoms. The van der Waals surface area contributed by atoms with E-state index in [1.807, 2.05) is 0 Å². The Kier molecular flexibility index (Phi) is 4.25. The average molecular weight is 231 g/mol. The Labute approximate surface area is 102 Å². The van der Waals surface area contributed by atoms with E-state index in [-0.39, 0.29) is 0 Å². The van der Waals surface area contributed by atoms with E-state index in [0.717, 1.165) is 25.3 Å². The van der Waals surface area contributed by atoms with Crippen LogP contribution in [-0.2, 0) is 6.42 Å². The predicted octanol–water partition coefficient (Wildman–Crippen LogP) is 2.90. The van der Waals surface area contributed by atoms with E-state index in [1.54, 1.807) is 0 Å². The maximum absolute atomic E-state index is 4.17. The molecule has 0 saturated carbocycles. The van der Waals surface area contributed by atoms with Gasteiger partial charge < -0.3 is 5.32 Å². The van der Waals surface area contributed by atoms with E-state index in [4.69, 9.17) is 0 Å². The highest BCUT2D eigenvalue weighted by Gasteiger charge is 1.95. The Bertz CT molecular complexity index is 453. The Morgan fingerprint density at radius 3 is 2.56 bits per heavy atom. The largest absolute Gasteiger partial charge is 0.316 e. The second-order valence-corrected chi connectivity index (χ2v) is 4.35. The van der Waals surface area contributed by atoms with Crippen LogP contribution in [0.2, 0.25) is 0 Å². The van der Waals surface area contributed by atoms with Gasteiger partial charge in [0, 0.05) is 12.3 Å². The molecular formula is C14H17NS. The number of fused-ring (bicyclic) bond motifs is 1. The van der Waals surface area contributed by atoms with Crippen molar-refractivity contribution in [3.05, 3.63) is 48.0 Å². The smallest absolute Gasteiger partial charge is 0.00398 e. The molecule has 0 aromatic heterocycles. The lowest BCUT2D eigenvalue weighted by molar-refractivity contribution is 0.722. The number of hydrogen-bond acceptors (Lipinski definition) is 2. The first-order valence-corrected chi connectivity index (χ1v) is 6.32. The first-order valence-electron chi connectivity index (χ1n) is 5.69. The molecule has 84 valence electrons. The third-order valence-electron chi connectivity index (χ3n) is 2.69. The number of nitrogens with one attached hydrogen (secondary N) is 1. The lowest BCUT2D eigenvalue weighted by Gasteiger charge is -2.04. The summed E-state index contributed by atoms with van der Waals surface area (Å²) in [4.78, 5) is 0. The molecule has 0 fully saturated rings. The van der Waals surface area contributed by atoms with Gasteiger partial charge in [0.15, 0.2) is 0 Å². The van der Waals surface area contributed by atoms with Gasteiger partial charge in [0.1, 0.15) is 0 Å². The fourth-order valence-electron chi connectivity index (χ4n) is 1.83. The van der Waals surface area contributed by atoms with Gasteiger partial charge in [0.2, 0.25) is 0 Å². The van der Waals surface area contributed by atoms with E-state index < -0.39 is 0 Å². The molecule has 0 unspecified atom stereocenters. The summed E-state index contributed by atoms with van der Waals surface area (Å²) in [5.41, 5.74) is 1.39. The first kappa shape index (κ1) is 11.5. The van der Waals surface area contributed by atoms with Crippen LogP contribution in [0.5, 0.6) is 0 Å². The summed E-state index contributed by atoms with van der Waals surface area (Å²) in [6, 6.07) is 15.2. The predicted molar refractivity (Wildman–Crippen MR) is 74.4 cm³/mol. The highest BCUT2D eigenvalue weighted by atomic mass is 32.1. The van der Waals surface area contributed by atoms with Crippen LogP contribution in [0.1, 0.15) is 5.56 Å². The van der Waals surface area contributed by atoms with Crippen LogP contribution in [0.25, 0.3) is 10.8 Å². The summed E-state index contributed by atoms with van der Waals surface area (Å²) in [6.45, 7) is 2.01. The molecule has 0 aliphatic heterocycles. The van der Waals surface area contributed by atoms with Gasteiger partial charge in [0.05, 0.1) is 0 Å². The van der Waals surface area contributed by atoms with Gasteiger partial charge in [-0.05, 0) is 29.3 Å². The Balaban J connectivity index is 2.02. The molecular weight excluding hydrogens is 214 g/mol. The zero-order valence-electron chi connectivity index (χ0n) is 9.32. The van der Waals surface area contributed by atoms with Crippen molar-refractivity contribution >= 4 is 23.4 Å². The molecule has 0 amide bonds. The molecule has 2 heteroatoms. The minimum Gasteiger partial charge on any atom is -0.316 e. The van der Waals surface area contributed by atoms with Gasteiger partial charge in [0.25, 0.3) is 0 Å². The van der Waals surface area contributed by atoms with Crippen LogP contribution in [0.15, 0.2) is 42.5 Å². The van der Waals surface area contributed by atoms with Crippen molar-refractivity contribution in [3.8, 4) is 0 Å². The molecule has 0 saturated heterocycles. The maximum Gasteiger partial charge on any atom is 0.00398 e. The van der Waals surface area contributed by atoms with E-state index in [2.05, 4.69) is 60.4 Å². The Morgan fingerprint density at radius 1 is 0.938 bits per heavy atom. The molecule has 1 nitrogen and oxygen atoms in total. The summed E-state index contributed by atoms with van der Waals surface area (Å²) in [6.07, 6.45) is 1.08. The van der Waals surface area contributed by atoms with E-state index >= 15 is 0 Å². The third-order valence-corrected chi connectivity index (χ3v) is 2.92. The van der Waals surface area contributed by atoms with Gasteiger partial charge in [-0.3, -0.25) is 0 Å². The van der Waals surface area contributed by atoms with Gasteiger partial charge in [-0.15, -0.1) is 0 Å². The minimum absolute atomic E-state index is 0.901. The van der Waals surface area contributed by atoms with Crippen molar-refractivity contribution in [1.82, 2.24) is 5.32 Å². The van der Waals surface area contributed by atoms with Crippen molar-refractivity contribution in [2.24, 2.45) is 0 Å². The summed E-state index contributed by atoms with van der Waals surface area (Å²) in [7, 11) is 0. The zero-order valence-corrected chi connectivity index (χ0v) is 10.2. The molecule has 16 heavy (non-hydrogen) atoms. The Hall–Kier alpha value is -0.990. The lowest BCUT2D eigenvalue weighted by Crippen LogP contribution is -2.19. The van der Waals surface area contributed by atoms with Crippen molar-refractivity contribution in [2.75, 3.05) is 18.8 Å². The second-order valence-electron chi connectivity index (χ2n) is 3.91. The molecule has 2 rings (SSSR count). The molecule has 0 aliphatic carbocycles. The molecule has 0 atom stereocenters. The van der Waals surface area contributed by atoms with Crippen LogP contribution < -0.4 is 5.32 Å². The molecule has 2 aromatic carbocycles.